The van der Waals surface area contributed by atoms with E-state index in [0.717, 1.165) is 10.4 Å². The van der Waals surface area contributed by atoms with Crippen LogP contribution in [0.15, 0.2) is 48.5 Å². The fourth-order valence-corrected chi connectivity index (χ4v) is 5.34. The van der Waals surface area contributed by atoms with Crippen molar-refractivity contribution in [2.24, 2.45) is 0 Å². The van der Waals surface area contributed by atoms with Crippen LogP contribution in [0.1, 0.15) is 50.7 Å². The Morgan fingerprint density at radius 3 is 1.14 bits per heavy atom. The molecular weight excluding hydrogens is 315 g/mol. The minimum Gasteiger partial charge on any atom is -0.134 e. The lowest BCUT2D eigenvalue weighted by Crippen LogP contribution is -2.48. The molecule has 0 saturated heterocycles. The predicted molar refractivity (Wildman–Crippen MR) is 97.8 cm³/mol. The van der Waals surface area contributed by atoms with Gasteiger partial charge in [-0.3, -0.25) is 0 Å². The maximum atomic E-state index is 6.76. The highest BCUT2D eigenvalue weighted by molar-refractivity contribution is 7.56. The molecule has 0 spiro atoms. The monoisotopic (exact) mass is 336 g/mol. The molecule has 0 nitrogen and oxygen atoms in total. The topological polar surface area (TPSA) is 0 Å². The second-order valence-corrected chi connectivity index (χ2v) is 12.4. The first-order chi connectivity index (χ1) is 9.82. The minimum atomic E-state index is -2.63. The van der Waals surface area contributed by atoms with Crippen LogP contribution in [-0.2, 0) is 0 Å². The largest absolute Gasteiger partial charge is 0.310 e. The fraction of sp³-hybridized carbons (Fsp3) is 0.333. The molecule has 0 bridgehead atoms. The van der Waals surface area contributed by atoms with E-state index in [1.807, 2.05) is 0 Å². The number of hydrogen-bond acceptors (Lipinski definition) is 0. The third-order valence-electron chi connectivity index (χ3n) is 3.88. The van der Waals surface area contributed by atoms with E-state index in [1.54, 1.807) is 0 Å². The van der Waals surface area contributed by atoms with Crippen molar-refractivity contribution in [3.05, 3.63) is 59.7 Å². The lowest BCUT2D eigenvalue weighted by Gasteiger charge is -2.19. The van der Waals surface area contributed by atoms with Crippen LogP contribution < -0.4 is 10.4 Å². The zero-order chi connectivity index (χ0) is 15.6. The number of rotatable bonds is 4. The summed E-state index contributed by atoms with van der Waals surface area (Å²) in [6.07, 6.45) is 0. The molecule has 0 saturated carbocycles. The molecule has 0 N–H and O–H groups in total. The van der Waals surface area contributed by atoms with Gasteiger partial charge in [-0.25, -0.2) is 0 Å². The lowest BCUT2D eigenvalue weighted by molar-refractivity contribution is 0.867. The van der Waals surface area contributed by atoms with E-state index in [9.17, 15) is 0 Å². The number of halogens is 2. The van der Waals surface area contributed by atoms with Gasteiger partial charge in [-0.15, -0.1) is 22.2 Å². The molecule has 2 rings (SSSR count). The van der Waals surface area contributed by atoms with Crippen molar-refractivity contribution in [1.82, 2.24) is 0 Å². The van der Waals surface area contributed by atoms with Gasteiger partial charge in [0.15, 0.2) is 0 Å². The SMILES string of the molecule is CC(C)c1ccc([Si](Cl)(Cl)c2ccc(C(C)C)cc2)cc1. The van der Waals surface area contributed by atoms with Gasteiger partial charge >= 0.3 is 6.69 Å². The molecule has 2 aromatic carbocycles. The van der Waals surface area contributed by atoms with E-state index in [-0.39, 0.29) is 0 Å². The van der Waals surface area contributed by atoms with Gasteiger partial charge in [-0.05, 0) is 33.3 Å². The van der Waals surface area contributed by atoms with Crippen LogP contribution in [0.2, 0.25) is 0 Å². The second kappa shape index (κ2) is 6.56. The Hall–Kier alpha value is -0.763. The molecule has 0 aliphatic rings. The van der Waals surface area contributed by atoms with Crippen molar-refractivity contribution in [2.45, 2.75) is 39.5 Å². The summed E-state index contributed by atoms with van der Waals surface area (Å²) in [5.41, 5.74) is 2.62. The number of hydrogen-bond donors (Lipinski definition) is 0. The Kier molecular flexibility index (Phi) is 5.18. The molecule has 0 aromatic heterocycles. The summed E-state index contributed by atoms with van der Waals surface area (Å²) >= 11 is 13.5. The Morgan fingerprint density at radius 1 is 0.619 bits per heavy atom. The van der Waals surface area contributed by atoms with E-state index in [4.69, 9.17) is 22.2 Å². The first-order valence-corrected chi connectivity index (χ1v) is 11.4. The van der Waals surface area contributed by atoms with Crippen LogP contribution in [0.25, 0.3) is 0 Å². The summed E-state index contributed by atoms with van der Waals surface area (Å²) in [6.45, 7) is 6.12. The van der Waals surface area contributed by atoms with Crippen molar-refractivity contribution >= 4 is 39.2 Å². The molecule has 2 aromatic rings. The molecule has 21 heavy (non-hydrogen) atoms. The summed E-state index contributed by atoms with van der Waals surface area (Å²) in [5, 5.41) is 2.10. The van der Waals surface area contributed by atoms with Gasteiger partial charge in [0, 0.05) is 0 Å². The summed E-state index contributed by atoms with van der Waals surface area (Å²) < 4.78 is 0. The average Bonchev–Trinajstić information content (AvgIpc) is 2.47. The molecule has 3 heteroatoms. The van der Waals surface area contributed by atoms with Gasteiger partial charge in [-0.2, -0.15) is 0 Å². The Bertz CT molecular complexity index is 530. The smallest absolute Gasteiger partial charge is 0.134 e. The quantitative estimate of drug-likeness (QED) is 0.546. The first-order valence-electron chi connectivity index (χ1n) is 7.41. The van der Waals surface area contributed by atoms with Crippen LogP contribution in [0.5, 0.6) is 0 Å². The normalized spacial score (nSPS) is 12.2. The molecule has 0 heterocycles. The third kappa shape index (κ3) is 3.71. The van der Waals surface area contributed by atoms with Gasteiger partial charge in [0.1, 0.15) is 0 Å². The van der Waals surface area contributed by atoms with E-state index in [2.05, 4.69) is 76.2 Å². The summed E-state index contributed by atoms with van der Waals surface area (Å²) in [6, 6.07) is 16.9. The molecule has 0 aliphatic heterocycles. The standard InChI is InChI=1S/C18H22Cl2Si/c1-13(2)15-5-9-17(10-6-15)21(19,20)18-11-7-16(8-12-18)14(3)4/h5-14H,1-4H3. The number of benzene rings is 2. The Labute approximate surface area is 138 Å². The molecule has 112 valence electrons. The van der Waals surface area contributed by atoms with Crippen LogP contribution >= 0.6 is 22.2 Å². The molecule has 0 aliphatic carbocycles. The average molecular weight is 337 g/mol. The van der Waals surface area contributed by atoms with Crippen LogP contribution in [0, 0.1) is 0 Å². The van der Waals surface area contributed by atoms with Crippen LogP contribution in [-0.4, -0.2) is 6.69 Å². The maximum absolute atomic E-state index is 6.76. The molecule has 0 amide bonds. The molecular formula is C18H22Cl2Si. The van der Waals surface area contributed by atoms with Crippen molar-refractivity contribution in [3.8, 4) is 0 Å². The van der Waals surface area contributed by atoms with Crippen molar-refractivity contribution in [2.75, 3.05) is 0 Å². The fourth-order valence-electron chi connectivity index (χ4n) is 2.32. The minimum absolute atomic E-state index is 0.520. The highest BCUT2D eigenvalue weighted by Crippen LogP contribution is 2.20. The van der Waals surface area contributed by atoms with Gasteiger partial charge in [0.25, 0.3) is 0 Å². The lowest BCUT2D eigenvalue weighted by atomic mass is 10.0. The van der Waals surface area contributed by atoms with Gasteiger partial charge in [-0.1, -0.05) is 76.2 Å². The molecule has 0 unspecified atom stereocenters. The second-order valence-electron chi connectivity index (χ2n) is 6.13. The van der Waals surface area contributed by atoms with E-state index in [1.165, 1.54) is 11.1 Å². The summed E-state index contributed by atoms with van der Waals surface area (Å²) in [7, 11) is 0. The first kappa shape index (κ1) is 16.6. The van der Waals surface area contributed by atoms with Crippen molar-refractivity contribution < 1.29 is 0 Å². The van der Waals surface area contributed by atoms with Crippen LogP contribution in [0.3, 0.4) is 0 Å². The van der Waals surface area contributed by atoms with E-state index in [0.29, 0.717) is 11.8 Å². The van der Waals surface area contributed by atoms with E-state index < -0.39 is 6.69 Å². The molecule has 0 atom stereocenters. The maximum Gasteiger partial charge on any atom is 0.310 e. The van der Waals surface area contributed by atoms with Gasteiger partial charge < -0.3 is 0 Å². The molecule has 0 fully saturated rings. The van der Waals surface area contributed by atoms with Crippen molar-refractivity contribution in [3.63, 3.8) is 0 Å². The summed E-state index contributed by atoms with van der Waals surface area (Å²) in [4.78, 5) is 0. The summed E-state index contributed by atoms with van der Waals surface area (Å²) in [5.74, 6) is 1.04. The van der Waals surface area contributed by atoms with Crippen molar-refractivity contribution in [1.29, 1.82) is 0 Å². The zero-order valence-electron chi connectivity index (χ0n) is 13.0. The Morgan fingerprint density at radius 2 is 0.905 bits per heavy atom. The predicted octanol–water partition coefficient (Wildman–Crippen LogP) is 4.97. The third-order valence-corrected chi connectivity index (χ3v) is 8.62. The van der Waals surface area contributed by atoms with Gasteiger partial charge in [0.05, 0.1) is 0 Å². The molecule has 0 radical (unpaired) electrons. The van der Waals surface area contributed by atoms with E-state index >= 15 is 0 Å². The van der Waals surface area contributed by atoms with Crippen LogP contribution in [0.4, 0.5) is 0 Å². The highest BCUT2D eigenvalue weighted by atomic mass is 35.7. The highest BCUT2D eigenvalue weighted by Gasteiger charge is 2.33. The van der Waals surface area contributed by atoms with Gasteiger partial charge in [0.2, 0.25) is 0 Å². The Balaban J connectivity index is 2.31. The zero-order valence-corrected chi connectivity index (χ0v) is 15.5.